The molecule has 0 bridgehead atoms. The zero-order valence-electron chi connectivity index (χ0n) is 8.82. The van der Waals surface area contributed by atoms with Gasteiger partial charge in [0.2, 0.25) is 0 Å². The van der Waals surface area contributed by atoms with Crippen molar-refractivity contribution in [3.8, 4) is 0 Å². The molecular formula is C11H13NO3. The van der Waals surface area contributed by atoms with Crippen LogP contribution in [0.3, 0.4) is 0 Å². The molecule has 1 rings (SSSR count). The van der Waals surface area contributed by atoms with Gasteiger partial charge in [0.15, 0.2) is 5.78 Å². The highest BCUT2D eigenvalue weighted by molar-refractivity contribution is 6.06. The normalized spacial score (nSPS) is 9.73. The Morgan fingerprint density at radius 2 is 2.20 bits per heavy atom. The molecule has 0 fully saturated rings. The number of carbonyl (C=O) groups excluding carboxylic acids is 2. The zero-order chi connectivity index (χ0) is 11.3. The Labute approximate surface area is 88.3 Å². The summed E-state index contributed by atoms with van der Waals surface area (Å²) in [5, 5.41) is 0. The molecule has 0 saturated heterocycles. The average Bonchev–Trinajstić information content (AvgIpc) is 2.18. The van der Waals surface area contributed by atoms with Crippen LogP contribution in [0.2, 0.25) is 0 Å². The fourth-order valence-corrected chi connectivity index (χ4v) is 1.19. The maximum absolute atomic E-state index is 11.6. The Balaban J connectivity index is 2.70. The van der Waals surface area contributed by atoms with Crippen molar-refractivity contribution in [3.63, 3.8) is 0 Å². The zero-order valence-corrected chi connectivity index (χ0v) is 8.82. The van der Waals surface area contributed by atoms with E-state index in [2.05, 4.69) is 4.98 Å². The number of rotatable bonds is 4. The lowest BCUT2D eigenvalue weighted by molar-refractivity contribution is -0.141. The summed E-state index contributed by atoms with van der Waals surface area (Å²) in [5.74, 6) is -0.746. The predicted octanol–water partition coefficient (Wildman–Crippen LogP) is 1.53. The summed E-state index contributed by atoms with van der Waals surface area (Å²) < 4.78 is 4.69. The van der Waals surface area contributed by atoms with E-state index in [0.717, 1.165) is 5.56 Å². The molecule has 0 aliphatic rings. The van der Waals surface area contributed by atoms with Gasteiger partial charge >= 0.3 is 5.97 Å². The molecule has 0 atom stereocenters. The number of carbonyl (C=O) groups is 2. The number of pyridine rings is 1. The van der Waals surface area contributed by atoms with Crippen molar-refractivity contribution in [2.24, 2.45) is 0 Å². The third kappa shape index (κ3) is 3.16. The molecule has 0 saturated carbocycles. The number of aromatic nitrogens is 1. The second-order valence-corrected chi connectivity index (χ2v) is 3.10. The van der Waals surface area contributed by atoms with Crippen LogP contribution in [0.5, 0.6) is 0 Å². The maximum Gasteiger partial charge on any atom is 0.313 e. The first-order valence-electron chi connectivity index (χ1n) is 4.74. The summed E-state index contributed by atoms with van der Waals surface area (Å²) in [7, 11) is 0. The van der Waals surface area contributed by atoms with Crippen molar-refractivity contribution in [1.82, 2.24) is 4.98 Å². The Hall–Kier alpha value is -1.71. The topological polar surface area (TPSA) is 56.3 Å². The van der Waals surface area contributed by atoms with Gasteiger partial charge in [-0.25, -0.2) is 0 Å². The first kappa shape index (κ1) is 11.4. The lowest BCUT2D eigenvalue weighted by atomic mass is 10.1. The summed E-state index contributed by atoms with van der Waals surface area (Å²) in [4.78, 5) is 26.5. The molecule has 4 nitrogen and oxygen atoms in total. The van der Waals surface area contributed by atoms with Crippen LogP contribution in [-0.4, -0.2) is 23.3 Å². The molecule has 0 aliphatic carbocycles. The van der Waals surface area contributed by atoms with E-state index in [1.165, 1.54) is 6.20 Å². The second kappa shape index (κ2) is 5.24. The SMILES string of the molecule is CCOC(=O)CC(=O)c1cnccc1C. The molecule has 0 amide bonds. The largest absolute Gasteiger partial charge is 0.466 e. The quantitative estimate of drug-likeness (QED) is 0.427. The van der Waals surface area contributed by atoms with Gasteiger partial charge in [0.1, 0.15) is 6.42 Å². The van der Waals surface area contributed by atoms with Crippen molar-refractivity contribution in [2.75, 3.05) is 6.61 Å². The Morgan fingerprint density at radius 3 is 2.80 bits per heavy atom. The summed E-state index contributed by atoms with van der Waals surface area (Å²) in [6, 6.07) is 1.73. The monoisotopic (exact) mass is 207 g/mol. The highest BCUT2D eigenvalue weighted by Gasteiger charge is 2.14. The Kier molecular flexibility index (Phi) is 3.97. The van der Waals surface area contributed by atoms with Crippen LogP contribution in [0.15, 0.2) is 18.5 Å². The molecule has 15 heavy (non-hydrogen) atoms. The first-order chi connectivity index (χ1) is 7.15. The smallest absolute Gasteiger partial charge is 0.313 e. The van der Waals surface area contributed by atoms with Gasteiger partial charge in [0.25, 0.3) is 0 Å². The molecule has 0 N–H and O–H groups in total. The van der Waals surface area contributed by atoms with Crippen LogP contribution in [0.4, 0.5) is 0 Å². The number of nitrogens with zero attached hydrogens (tertiary/aromatic N) is 1. The Morgan fingerprint density at radius 1 is 1.47 bits per heavy atom. The van der Waals surface area contributed by atoms with E-state index < -0.39 is 5.97 Å². The van der Waals surface area contributed by atoms with Crippen LogP contribution in [0.1, 0.15) is 29.3 Å². The van der Waals surface area contributed by atoms with Gasteiger partial charge in [-0.2, -0.15) is 0 Å². The molecule has 0 radical (unpaired) electrons. The van der Waals surface area contributed by atoms with Crippen molar-refractivity contribution < 1.29 is 14.3 Å². The van der Waals surface area contributed by atoms with E-state index in [1.54, 1.807) is 26.1 Å². The summed E-state index contributed by atoms with van der Waals surface area (Å²) >= 11 is 0. The van der Waals surface area contributed by atoms with Gasteiger partial charge in [0, 0.05) is 18.0 Å². The van der Waals surface area contributed by atoms with Crippen LogP contribution < -0.4 is 0 Å². The van der Waals surface area contributed by atoms with Gasteiger partial charge < -0.3 is 4.74 Å². The molecule has 80 valence electrons. The third-order valence-corrected chi connectivity index (χ3v) is 1.95. The van der Waals surface area contributed by atoms with Crippen LogP contribution in [-0.2, 0) is 9.53 Å². The Bertz CT molecular complexity index is 374. The third-order valence-electron chi connectivity index (χ3n) is 1.95. The van der Waals surface area contributed by atoms with Crippen molar-refractivity contribution in [3.05, 3.63) is 29.6 Å². The predicted molar refractivity (Wildman–Crippen MR) is 54.6 cm³/mol. The van der Waals surface area contributed by atoms with E-state index in [0.29, 0.717) is 5.56 Å². The second-order valence-electron chi connectivity index (χ2n) is 3.10. The number of Topliss-reactive ketones (excluding diaryl/α,β-unsaturated/α-hetero) is 1. The molecule has 4 heteroatoms. The molecule has 1 aromatic rings. The van der Waals surface area contributed by atoms with Crippen molar-refractivity contribution >= 4 is 11.8 Å². The number of ether oxygens (including phenoxy) is 1. The molecule has 1 aromatic heterocycles. The number of hydrogen-bond acceptors (Lipinski definition) is 4. The number of ketones is 1. The van der Waals surface area contributed by atoms with Crippen molar-refractivity contribution in [2.45, 2.75) is 20.3 Å². The van der Waals surface area contributed by atoms with E-state index in [1.807, 2.05) is 0 Å². The van der Waals surface area contributed by atoms with Crippen molar-refractivity contribution in [1.29, 1.82) is 0 Å². The van der Waals surface area contributed by atoms with Gasteiger partial charge in [-0.1, -0.05) is 0 Å². The summed E-state index contributed by atoms with van der Waals surface area (Å²) in [5.41, 5.74) is 1.30. The average molecular weight is 207 g/mol. The fraction of sp³-hybridized carbons (Fsp3) is 0.364. The van der Waals surface area contributed by atoms with Gasteiger partial charge in [-0.3, -0.25) is 14.6 Å². The fourth-order valence-electron chi connectivity index (χ4n) is 1.19. The van der Waals surface area contributed by atoms with E-state index in [4.69, 9.17) is 4.74 Å². The standard InChI is InChI=1S/C11H13NO3/c1-3-15-11(14)6-10(13)9-7-12-5-4-8(9)2/h4-5,7H,3,6H2,1-2H3. The highest BCUT2D eigenvalue weighted by Crippen LogP contribution is 2.08. The number of hydrogen-bond donors (Lipinski definition) is 0. The molecule has 0 aromatic carbocycles. The van der Waals surface area contributed by atoms with Gasteiger partial charge in [-0.05, 0) is 25.5 Å². The minimum atomic E-state index is -0.495. The summed E-state index contributed by atoms with van der Waals surface area (Å²) in [6.07, 6.45) is 2.85. The molecule has 1 heterocycles. The van der Waals surface area contributed by atoms with Crippen LogP contribution >= 0.6 is 0 Å². The maximum atomic E-state index is 11.6. The molecule has 0 unspecified atom stereocenters. The first-order valence-corrected chi connectivity index (χ1v) is 4.74. The van der Waals surface area contributed by atoms with E-state index in [-0.39, 0.29) is 18.8 Å². The molecular weight excluding hydrogens is 194 g/mol. The van der Waals surface area contributed by atoms with Crippen LogP contribution in [0.25, 0.3) is 0 Å². The number of esters is 1. The van der Waals surface area contributed by atoms with E-state index >= 15 is 0 Å². The minimum Gasteiger partial charge on any atom is -0.466 e. The lowest BCUT2D eigenvalue weighted by Gasteiger charge is -2.03. The van der Waals surface area contributed by atoms with Crippen LogP contribution in [0, 0.1) is 6.92 Å². The van der Waals surface area contributed by atoms with E-state index in [9.17, 15) is 9.59 Å². The van der Waals surface area contributed by atoms with Gasteiger partial charge in [-0.15, -0.1) is 0 Å². The van der Waals surface area contributed by atoms with Gasteiger partial charge in [0.05, 0.1) is 6.61 Å². The number of aryl methyl sites for hydroxylation is 1. The molecule has 0 aliphatic heterocycles. The molecule has 0 spiro atoms. The lowest BCUT2D eigenvalue weighted by Crippen LogP contribution is -2.12. The summed E-state index contributed by atoms with van der Waals surface area (Å²) in [6.45, 7) is 3.80. The minimum absolute atomic E-state index is 0.222. The highest BCUT2D eigenvalue weighted by atomic mass is 16.5.